The highest BCUT2D eigenvalue weighted by Gasteiger charge is 2.25. The Kier molecular flexibility index (Phi) is 15.3. The van der Waals surface area contributed by atoms with Crippen LogP contribution in [0.15, 0.2) is 424 Å². The van der Waals surface area contributed by atoms with Gasteiger partial charge >= 0.3 is 0 Å². The molecule has 0 saturated heterocycles. The summed E-state index contributed by atoms with van der Waals surface area (Å²) in [6, 6.07) is 121. The van der Waals surface area contributed by atoms with Gasteiger partial charge in [0.15, 0.2) is 34.9 Å². The highest BCUT2D eigenvalue weighted by atomic mass is 32.1. The summed E-state index contributed by atoms with van der Waals surface area (Å²) in [5.41, 5.74) is 19.5. The van der Waals surface area contributed by atoms with Crippen molar-refractivity contribution in [2.24, 2.45) is 0 Å². The number of fused-ring (bicyclic) bond motifs is 13. The lowest BCUT2D eigenvalue weighted by molar-refractivity contribution is 1.07. The van der Waals surface area contributed by atoms with Crippen LogP contribution >= 0.6 is 22.7 Å². The lowest BCUT2D eigenvalue weighted by atomic mass is 9.97. The Morgan fingerprint density at radius 1 is 0.197 bits per heavy atom. The number of rotatable bonds is 13. The summed E-state index contributed by atoms with van der Waals surface area (Å²) in [6.45, 7) is 0. The molecule has 0 N–H and O–H groups in total. The second-order valence-corrected chi connectivity index (χ2v) is 32.2. The van der Waals surface area contributed by atoms with Gasteiger partial charge in [-0.2, -0.15) is 0 Å². The number of nitrogens with zero attached hydrogens (tertiary/aromatic N) is 8. The summed E-state index contributed by atoms with van der Waals surface area (Å²) >= 11 is 3.22. The van der Waals surface area contributed by atoms with Crippen LogP contribution in [0.5, 0.6) is 0 Å². The molecule has 24 rings (SSSR count). The molecule has 6 aromatic heterocycles. The summed E-state index contributed by atoms with van der Waals surface area (Å²) in [5, 5.41) is 10.9. The third kappa shape index (κ3) is 12.9. The Labute approximate surface area is 725 Å². The van der Waals surface area contributed by atoms with Crippen molar-refractivity contribution < 1.29 is 13.7 Å². The molecule has 0 aliphatic heterocycles. The summed E-state index contributed by atoms with van der Waals surface area (Å²) in [5.74, 6) is 2.20. The van der Waals surface area contributed by atoms with Gasteiger partial charge in [0.1, 0.15) is 0 Å². The fourth-order valence-corrected chi connectivity index (χ4v) is 19.6. The van der Waals surface area contributed by atoms with Gasteiger partial charge in [0.25, 0.3) is 0 Å². The van der Waals surface area contributed by atoms with E-state index in [0.29, 0.717) is 40.2 Å². The fraction of sp³-hybridized carbons (Fsp3) is 0. The van der Waals surface area contributed by atoms with Crippen molar-refractivity contribution in [3.63, 3.8) is 0 Å². The third-order valence-electron chi connectivity index (χ3n) is 22.9. The molecular formula is C112H70N8S2. The maximum atomic E-state index is 9.02. The second kappa shape index (κ2) is 30.3. The molecule has 570 valence electrons. The Hall–Kier alpha value is -15.7. The average molecular weight is 1600 g/mol. The van der Waals surface area contributed by atoms with Crippen LogP contribution in [0.1, 0.15) is 13.7 Å². The van der Waals surface area contributed by atoms with E-state index >= 15 is 0 Å². The molecule has 122 heavy (non-hydrogen) atoms. The maximum Gasteiger partial charge on any atom is 0.165 e. The van der Waals surface area contributed by atoms with Crippen molar-refractivity contribution in [3.8, 4) is 135 Å². The van der Waals surface area contributed by atoms with E-state index in [1.165, 1.54) is 5.56 Å². The van der Waals surface area contributed by atoms with Crippen molar-refractivity contribution >= 4 is 117 Å². The molecule has 0 spiro atoms. The quantitative estimate of drug-likeness (QED) is 0.114. The van der Waals surface area contributed by atoms with E-state index in [4.69, 9.17) is 43.6 Å². The minimum atomic E-state index is -0.483. The van der Waals surface area contributed by atoms with E-state index in [2.05, 4.69) is 264 Å². The van der Waals surface area contributed by atoms with Gasteiger partial charge in [-0.15, -0.1) is 22.7 Å². The maximum absolute atomic E-state index is 9.02. The third-order valence-corrected chi connectivity index (χ3v) is 25.3. The van der Waals surface area contributed by atoms with Crippen LogP contribution in [0.25, 0.3) is 230 Å². The molecule has 0 saturated carbocycles. The first-order valence-corrected chi connectivity index (χ1v) is 41.8. The molecule has 10 heteroatoms. The largest absolute Gasteiger partial charge is 0.309 e. The van der Waals surface area contributed by atoms with E-state index in [9.17, 15) is 0 Å². The van der Waals surface area contributed by atoms with Gasteiger partial charge in [0, 0.05) is 107 Å². The molecule has 0 bridgehead atoms. The van der Waals surface area contributed by atoms with Crippen LogP contribution in [0.3, 0.4) is 0 Å². The molecule has 0 fully saturated rings. The van der Waals surface area contributed by atoms with Crippen LogP contribution < -0.4 is 0 Å². The van der Waals surface area contributed by atoms with Gasteiger partial charge in [0.05, 0.1) is 35.8 Å². The number of thiophene rings is 2. The lowest BCUT2D eigenvalue weighted by Gasteiger charge is -2.13. The zero-order valence-corrected chi connectivity index (χ0v) is 66.7. The Bertz CT molecular complexity index is 8660. The molecule has 18 aromatic carbocycles. The smallest absolute Gasteiger partial charge is 0.165 e. The minimum absolute atomic E-state index is 0.0111. The van der Waals surface area contributed by atoms with Crippen molar-refractivity contribution in [1.29, 1.82) is 0 Å². The standard InChI is InChI=1S/C57H36N4S.C55H34N4S/c1-4-14-37(15-5-1)39-24-26-40(27-25-39)41-28-30-43(31-29-41)56-58-55(42-18-8-3-9-19-42)59-57(60-56)50-36-45(61-51-22-12-10-20-46(51)47-21-11-13-23-52(47)61)35-49-48-33-32-44(34-53(48)62-54(49)50)38-16-6-2-7-17-38;1-3-14-35(15-4-1)40-30-31-46-47-33-41(59-49-24-11-9-21-44(49)45-22-10-12-25-50(45)59)34-48(52(47)60-51(46)32-40)55-57-53(38-17-5-2-6-18-38)56-54(58-55)39-28-26-37(27-29-39)43-23-13-19-36-16-7-8-20-42(36)43/h1-36H;1-34H/i2D,6D,7D,16D,17D;2D,5D,6D,17D,18D. The fourth-order valence-electron chi connectivity index (χ4n) is 17.1. The highest BCUT2D eigenvalue weighted by molar-refractivity contribution is 7.26. The summed E-state index contributed by atoms with van der Waals surface area (Å²) in [7, 11) is 0. The molecular weight excluding hydrogens is 1520 g/mol. The van der Waals surface area contributed by atoms with Crippen LogP contribution in [-0.4, -0.2) is 39.0 Å². The molecule has 0 radical (unpaired) electrons. The number of aromatic nitrogens is 8. The monoisotopic (exact) mass is 1600 g/mol. The van der Waals surface area contributed by atoms with Gasteiger partial charge < -0.3 is 9.13 Å². The highest BCUT2D eigenvalue weighted by Crippen LogP contribution is 2.48. The molecule has 0 atom stereocenters. The summed E-state index contributed by atoms with van der Waals surface area (Å²) in [6.07, 6.45) is 0. The van der Waals surface area contributed by atoms with E-state index in [-0.39, 0.29) is 53.2 Å². The molecule has 0 unspecified atom stereocenters. The second-order valence-electron chi connectivity index (χ2n) is 30.1. The summed E-state index contributed by atoms with van der Waals surface area (Å²) < 4.78 is 94.5. The predicted octanol–water partition coefficient (Wildman–Crippen LogP) is 30.2. The van der Waals surface area contributed by atoms with Gasteiger partial charge in [-0.3, -0.25) is 0 Å². The Morgan fingerprint density at radius 3 is 0.951 bits per heavy atom. The van der Waals surface area contributed by atoms with Crippen molar-refractivity contribution in [1.82, 2.24) is 39.0 Å². The van der Waals surface area contributed by atoms with Gasteiger partial charge in [0.2, 0.25) is 0 Å². The topological polar surface area (TPSA) is 87.2 Å². The Balaban J connectivity index is 0.000000150. The van der Waals surface area contributed by atoms with Crippen molar-refractivity contribution in [2.75, 3.05) is 0 Å². The molecule has 24 aromatic rings. The molecule has 0 aliphatic carbocycles. The van der Waals surface area contributed by atoms with Gasteiger partial charge in [-0.1, -0.05) is 364 Å². The zero-order chi connectivity index (χ0) is 89.3. The SMILES string of the molecule is [2H]c1c([2H])c([2H])c(-c2ccc3c(c2)sc2c(-c4nc(-c5ccccc5)nc(-c5ccc(-c6ccc(-c7ccccc7)cc6)cc5)n4)cc(-n4c5ccccc5c5ccccc54)cc23)c([2H])c1[2H].[2H]c1c([2H])c([2H])c(-c2nc(-c3ccc(-c4cccc5ccccc45)cc3)nc(-c3cc(-n4c5ccccc5c5ccccc54)cc4c3sc3cc(-c5ccccc5)ccc34)n2)c([2H])c1[2H]. The van der Waals surface area contributed by atoms with E-state index in [1.807, 2.05) is 109 Å². The lowest BCUT2D eigenvalue weighted by Crippen LogP contribution is -2.01. The summed E-state index contributed by atoms with van der Waals surface area (Å²) in [4.78, 5) is 30.9. The van der Waals surface area contributed by atoms with Crippen LogP contribution in [0.4, 0.5) is 0 Å². The number of para-hydroxylation sites is 4. The van der Waals surface area contributed by atoms with Crippen LogP contribution in [0, 0.1) is 0 Å². The Morgan fingerprint density at radius 2 is 0.508 bits per heavy atom. The zero-order valence-electron chi connectivity index (χ0n) is 75.0. The van der Waals surface area contributed by atoms with Gasteiger partial charge in [-0.25, -0.2) is 29.9 Å². The number of hydrogen-bond acceptors (Lipinski definition) is 8. The predicted molar refractivity (Wildman–Crippen MR) is 511 cm³/mol. The van der Waals surface area contributed by atoms with Crippen LogP contribution in [0.2, 0.25) is 0 Å². The van der Waals surface area contributed by atoms with E-state index < -0.39 is 24.2 Å². The van der Waals surface area contributed by atoms with Gasteiger partial charge in [-0.05, 0) is 127 Å². The van der Waals surface area contributed by atoms with Crippen molar-refractivity contribution in [2.45, 2.75) is 0 Å². The molecule has 6 heterocycles. The molecule has 8 nitrogen and oxygen atoms in total. The first-order valence-electron chi connectivity index (χ1n) is 45.2. The first kappa shape index (κ1) is 61.6. The number of benzene rings is 18. The van der Waals surface area contributed by atoms with Crippen molar-refractivity contribution in [3.05, 3.63) is 424 Å². The average Bonchev–Trinajstić information content (AvgIpc) is 1.58. The molecule has 0 aliphatic rings. The minimum Gasteiger partial charge on any atom is -0.309 e. The number of hydrogen-bond donors (Lipinski definition) is 0. The van der Waals surface area contributed by atoms with Crippen LogP contribution in [-0.2, 0) is 0 Å². The normalized spacial score (nSPS) is 12.8. The first-order chi connectivity index (χ1) is 64.6. The van der Waals surface area contributed by atoms with E-state index in [0.717, 1.165) is 167 Å². The molecule has 0 amide bonds. The van der Waals surface area contributed by atoms with E-state index in [1.54, 1.807) is 22.7 Å².